The molecule has 0 saturated carbocycles. The van der Waals surface area contributed by atoms with E-state index in [4.69, 9.17) is 9.88 Å². The lowest BCUT2D eigenvalue weighted by molar-refractivity contribution is -0.113. The Morgan fingerprint density at radius 2 is 2.09 bits per heavy atom. The average Bonchev–Trinajstić information content (AvgIpc) is 3.58. The normalized spacial score (nSPS) is 16.1. The van der Waals surface area contributed by atoms with Gasteiger partial charge in [0.05, 0.1) is 23.3 Å². The molecule has 0 radical (unpaired) electrons. The number of rotatable bonds is 8. The van der Waals surface area contributed by atoms with Crippen LogP contribution in [0.5, 0.6) is 0 Å². The summed E-state index contributed by atoms with van der Waals surface area (Å²) in [5, 5.41) is 18.4. The van der Waals surface area contributed by atoms with Crippen molar-refractivity contribution in [1.82, 2.24) is 19.7 Å². The van der Waals surface area contributed by atoms with E-state index in [9.17, 15) is 13.2 Å². The maximum Gasteiger partial charge on any atom is 0.238 e. The van der Waals surface area contributed by atoms with Gasteiger partial charge >= 0.3 is 0 Å². The van der Waals surface area contributed by atoms with Crippen molar-refractivity contribution in [3.05, 3.63) is 54.7 Å². The fourth-order valence-corrected chi connectivity index (χ4v) is 5.39. The molecule has 5 rings (SSSR count). The highest BCUT2D eigenvalue weighted by Gasteiger charge is 2.23. The minimum absolute atomic E-state index is 0.0593. The minimum Gasteiger partial charge on any atom is -0.376 e. The third kappa shape index (κ3) is 5.25. The van der Waals surface area contributed by atoms with Crippen molar-refractivity contribution in [2.24, 2.45) is 5.14 Å². The number of amides is 1. The molecule has 1 aliphatic rings. The zero-order valence-corrected chi connectivity index (χ0v) is 20.3. The summed E-state index contributed by atoms with van der Waals surface area (Å²) in [5.41, 5.74) is 2.29. The lowest BCUT2D eigenvalue weighted by atomic mass is 10.1. The van der Waals surface area contributed by atoms with Crippen LogP contribution >= 0.6 is 11.8 Å². The first-order chi connectivity index (χ1) is 16.9. The second-order valence-electron chi connectivity index (χ2n) is 8.21. The summed E-state index contributed by atoms with van der Waals surface area (Å²) in [5.74, 6) is 0.473. The van der Waals surface area contributed by atoms with Crippen LogP contribution in [0, 0.1) is 0 Å². The van der Waals surface area contributed by atoms with Gasteiger partial charge in [-0.1, -0.05) is 36.0 Å². The third-order valence-electron chi connectivity index (χ3n) is 5.74. The van der Waals surface area contributed by atoms with Crippen molar-refractivity contribution in [3.8, 4) is 11.4 Å². The van der Waals surface area contributed by atoms with Gasteiger partial charge in [-0.2, -0.15) is 0 Å². The van der Waals surface area contributed by atoms with Crippen LogP contribution in [0.2, 0.25) is 0 Å². The number of hydrogen-bond acceptors (Lipinski definition) is 7. The second-order valence-corrected chi connectivity index (χ2v) is 10.7. The Bertz CT molecular complexity index is 1470. The van der Waals surface area contributed by atoms with Crippen molar-refractivity contribution in [2.75, 3.05) is 17.7 Å². The van der Waals surface area contributed by atoms with Gasteiger partial charge in [0.25, 0.3) is 0 Å². The summed E-state index contributed by atoms with van der Waals surface area (Å²) in [6, 6.07) is 13.8. The van der Waals surface area contributed by atoms with Crippen LogP contribution in [0.1, 0.15) is 12.8 Å². The van der Waals surface area contributed by atoms with E-state index < -0.39 is 10.0 Å². The number of aromatic nitrogens is 4. The molecule has 4 aromatic rings. The Kier molecular flexibility index (Phi) is 6.60. The average molecular weight is 513 g/mol. The Labute approximate surface area is 206 Å². The Morgan fingerprint density at radius 3 is 2.89 bits per heavy atom. The van der Waals surface area contributed by atoms with Gasteiger partial charge < -0.3 is 15.0 Å². The number of hydrogen-bond donors (Lipinski definition) is 3. The Hall–Kier alpha value is -3.19. The molecule has 4 N–H and O–H groups in total. The van der Waals surface area contributed by atoms with E-state index in [2.05, 4.69) is 20.5 Å². The minimum atomic E-state index is -3.86. The molecule has 0 bridgehead atoms. The molecular weight excluding hydrogens is 488 g/mol. The van der Waals surface area contributed by atoms with Crippen LogP contribution in [0.25, 0.3) is 22.3 Å². The van der Waals surface area contributed by atoms with Gasteiger partial charge in [0.15, 0.2) is 11.0 Å². The highest BCUT2D eigenvalue weighted by Crippen LogP contribution is 2.31. The first-order valence-corrected chi connectivity index (χ1v) is 13.6. The molecular formula is C23H24N6O4S2. The van der Waals surface area contributed by atoms with Crippen LogP contribution in [-0.2, 0) is 26.1 Å². The van der Waals surface area contributed by atoms with E-state index in [0.717, 1.165) is 35.9 Å². The number of carbonyl (C=O) groups is 1. The number of sulfonamides is 1. The molecule has 0 aliphatic carbocycles. The van der Waals surface area contributed by atoms with E-state index in [1.807, 2.05) is 35.0 Å². The lowest BCUT2D eigenvalue weighted by Crippen LogP contribution is -2.18. The quantitative estimate of drug-likeness (QED) is 0.308. The van der Waals surface area contributed by atoms with Crippen LogP contribution < -0.4 is 10.5 Å². The standard InChI is InChI=1S/C23H24N6O4S2/c24-35(31,32)17-7-3-5-15(11-17)26-21(30)14-34-23-28-27-22(29(23)13-16-6-4-10-33-16)19-12-25-20-9-2-1-8-18(19)20/h1-3,5,7-9,11-12,16,25H,4,6,10,13-14H2,(H,26,30)(H2,24,31,32). The predicted octanol–water partition coefficient (Wildman–Crippen LogP) is 2.98. The Morgan fingerprint density at radius 1 is 1.23 bits per heavy atom. The van der Waals surface area contributed by atoms with Gasteiger partial charge in [-0.25, -0.2) is 13.6 Å². The van der Waals surface area contributed by atoms with E-state index in [1.165, 1.54) is 30.0 Å². The molecule has 1 aliphatic heterocycles. The summed E-state index contributed by atoms with van der Waals surface area (Å²) < 4.78 is 31.0. The van der Waals surface area contributed by atoms with Crippen LogP contribution in [0.4, 0.5) is 5.69 Å². The molecule has 2 aromatic heterocycles. The Balaban J connectivity index is 1.36. The summed E-state index contributed by atoms with van der Waals surface area (Å²) in [6.45, 7) is 1.32. The zero-order chi connectivity index (χ0) is 24.4. The number of carbonyl (C=O) groups excluding carboxylic acids is 1. The van der Waals surface area contributed by atoms with Gasteiger partial charge in [0.2, 0.25) is 15.9 Å². The largest absolute Gasteiger partial charge is 0.376 e. The van der Waals surface area contributed by atoms with E-state index in [0.29, 0.717) is 23.2 Å². The molecule has 182 valence electrons. The molecule has 35 heavy (non-hydrogen) atoms. The van der Waals surface area contributed by atoms with Gasteiger partial charge in [0, 0.05) is 35.0 Å². The fraction of sp³-hybridized carbons (Fsp3) is 0.261. The monoisotopic (exact) mass is 512 g/mol. The van der Waals surface area contributed by atoms with E-state index >= 15 is 0 Å². The number of fused-ring (bicyclic) bond motifs is 1. The molecule has 2 aromatic carbocycles. The van der Waals surface area contributed by atoms with Crippen molar-refractivity contribution in [1.29, 1.82) is 0 Å². The molecule has 3 heterocycles. The molecule has 10 nitrogen and oxygen atoms in total. The highest BCUT2D eigenvalue weighted by molar-refractivity contribution is 7.99. The molecule has 12 heteroatoms. The number of nitrogens with zero attached hydrogens (tertiary/aromatic N) is 3. The van der Waals surface area contributed by atoms with Gasteiger partial charge in [0.1, 0.15) is 0 Å². The predicted molar refractivity (Wildman–Crippen MR) is 133 cm³/mol. The molecule has 1 saturated heterocycles. The first kappa shape index (κ1) is 23.5. The molecule has 1 amide bonds. The third-order valence-corrected chi connectivity index (χ3v) is 7.61. The number of para-hydroxylation sites is 1. The first-order valence-electron chi connectivity index (χ1n) is 11.1. The smallest absolute Gasteiger partial charge is 0.238 e. The number of benzene rings is 2. The van der Waals surface area contributed by atoms with Gasteiger partial charge in [-0.05, 0) is 37.1 Å². The maximum absolute atomic E-state index is 12.6. The lowest BCUT2D eigenvalue weighted by Gasteiger charge is -2.14. The van der Waals surface area contributed by atoms with Crippen LogP contribution in [-0.4, -0.2) is 52.5 Å². The number of thioether (sulfide) groups is 1. The molecule has 1 atom stereocenters. The number of aromatic amines is 1. The summed E-state index contributed by atoms with van der Waals surface area (Å²) in [7, 11) is -3.86. The maximum atomic E-state index is 12.6. The van der Waals surface area contributed by atoms with E-state index in [1.54, 1.807) is 6.07 Å². The number of anilines is 1. The van der Waals surface area contributed by atoms with Crippen molar-refractivity contribution < 1.29 is 17.9 Å². The summed E-state index contributed by atoms with van der Waals surface area (Å²) in [6.07, 6.45) is 3.94. The highest BCUT2D eigenvalue weighted by atomic mass is 32.2. The number of H-pyrrole nitrogens is 1. The second kappa shape index (κ2) is 9.82. The van der Waals surface area contributed by atoms with Gasteiger partial charge in [-0.15, -0.1) is 10.2 Å². The zero-order valence-electron chi connectivity index (χ0n) is 18.7. The fourth-order valence-electron chi connectivity index (χ4n) is 4.09. The summed E-state index contributed by atoms with van der Waals surface area (Å²) in [4.78, 5) is 15.8. The topological polar surface area (TPSA) is 145 Å². The van der Waals surface area contributed by atoms with Crippen LogP contribution in [0.15, 0.2) is 64.8 Å². The van der Waals surface area contributed by atoms with Crippen molar-refractivity contribution >= 4 is 44.3 Å². The van der Waals surface area contributed by atoms with Crippen molar-refractivity contribution in [2.45, 2.75) is 35.5 Å². The van der Waals surface area contributed by atoms with Gasteiger partial charge in [-0.3, -0.25) is 9.36 Å². The number of ether oxygens (including phenoxy) is 1. The molecule has 0 spiro atoms. The number of nitrogens with two attached hydrogens (primary N) is 1. The SMILES string of the molecule is NS(=O)(=O)c1cccc(NC(=O)CSc2nnc(-c3c[nH]c4ccccc34)n2CC2CCCO2)c1. The van der Waals surface area contributed by atoms with Crippen molar-refractivity contribution in [3.63, 3.8) is 0 Å². The number of nitrogens with one attached hydrogen (secondary N) is 2. The summed E-state index contributed by atoms with van der Waals surface area (Å²) >= 11 is 1.26. The molecule has 1 unspecified atom stereocenters. The van der Waals surface area contributed by atoms with E-state index in [-0.39, 0.29) is 22.7 Å². The molecule has 1 fully saturated rings. The van der Waals surface area contributed by atoms with Crippen LogP contribution in [0.3, 0.4) is 0 Å². The number of primary sulfonamides is 1.